The molecule has 0 radical (unpaired) electrons. The van der Waals surface area contributed by atoms with E-state index in [1.54, 1.807) is 26.0 Å². The summed E-state index contributed by atoms with van der Waals surface area (Å²) in [5.41, 5.74) is 2.74. The number of para-hydroxylation sites is 1. The zero-order valence-corrected chi connectivity index (χ0v) is 15.9. The van der Waals surface area contributed by atoms with E-state index in [-0.39, 0.29) is 10.8 Å². The lowest BCUT2D eigenvalue weighted by Crippen LogP contribution is -2.15. The van der Waals surface area contributed by atoms with E-state index in [2.05, 4.69) is 15.2 Å². The summed E-state index contributed by atoms with van der Waals surface area (Å²) in [5, 5.41) is 6.50. The maximum atomic E-state index is 12.5. The molecule has 0 bridgehead atoms. The van der Waals surface area contributed by atoms with Crippen LogP contribution in [0.2, 0.25) is 0 Å². The molecule has 0 aliphatic heterocycles. The molecule has 0 atom stereocenters. The largest absolute Gasteiger partial charge is 0.359 e. The van der Waals surface area contributed by atoms with Gasteiger partial charge in [-0.05, 0) is 56.7 Å². The van der Waals surface area contributed by atoms with Gasteiger partial charge < -0.3 is 9.84 Å². The summed E-state index contributed by atoms with van der Waals surface area (Å²) >= 11 is 0. The van der Waals surface area contributed by atoms with Crippen LogP contribution in [0.4, 0.5) is 11.4 Å². The molecule has 140 valence electrons. The van der Waals surface area contributed by atoms with Crippen LogP contribution in [-0.4, -0.2) is 19.5 Å². The van der Waals surface area contributed by atoms with Crippen LogP contribution in [0.25, 0.3) is 0 Å². The third kappa shape index (κ3) is 4.01. The zero-order valence-electron chi connectivity index (χ0n) is 15.1. The van der Waals surface area contributed by atoms with Crippen molar-refractivity contribution in [1.82, 2.24) is 5.16 Å². The summed E-state index contributed by atoms with van der Waals surface area (Å²) in [6.07, 6.45) is 0. The van der Waals surface area contributed by atoms with E-state index >= 15 is 0 Å². The van der Waals surface area contributed by atoms with Gasteiger partial charge in [0.05, 0.1) is 10.6 Å². The van der Waals surface area contributed by atoms with Crippen LogP contribution in [0.1, 0.15) is 27.4 Å². The van der Waals surface area contributed by atoms with Crippen molar-refractivity contribution in [2.45, 2.75) is 25.7 Å². The van der Waals surface area contributed by atoms with Crippen LogP contribution in [0.3, 0.4) is 0 Å². The molecule has 0 fully saturated rings. The number of hydrogen-bond donors (Lipinski definition) is 2. The number of aryl methyl sites for hydroxylation is 3. The topological polar surface area (TPSA) is 101 Å². The molecular weight excluding hydrogens is 366 g/mol. The van der Waals surface area contributed by atoms with Crippen LogP contribution < -0.4 is 10.0 Å². The molecule has 0 saturated heterocycles. The smallest absolute Gasteiger partial charge is 0.261 e. The quantitative estimate of drug-likeness (QED) is 0.698. The van der Waals surface area contributed by atoms with Gasteiger partial charge in [0.2, 0.25) is 0 Å². The van der Waals surface area contributed by atoms with E-state index < -0.39 is 10.0 Å². The highest BCUT2D eigenvalue weighted by Gasteiger charge is 2.17. The van der Waals surface area contributed by atoms with Crippen molar-refractivity contribution in [1.29, 1.82) is 0 Å². The standard InChI is InChI=1S/C19H19N3O4S/c1-12-6-4-5-7-17(12)22-27(24,25)16-10-8-15(9-11-16)19(23)20-18-13(2)21-26-14(18)3/h4-11,22H,1-3H3,(H,20,23). The van der Waals surface area contributed by atoms with Crippen LogP contribution >= 0.6 is 0 Å². The van der Waals surface area contributed by atoms with E-state index in [0.29, 0.717) is 28.4 Å². The fourth-order valence-electron chi connectivity index (χ4n) is 2.52. The molecule has 27 heavy (non-hydrogen) atoms. The maximum Gasteiger partial charge on any atom is 0.261 e. The lowest BCUT2D eigenvalue weighted by molar-refractivity contribution is 0.102. The highest BCUT2D eigenvalue weighted by Crippen LogP contribution is 2.22. The zero-order chi connectivity index (χ0) is 19.6. The van der Waals surface area contributed by atoms with Gasteiger partial charge in [-0.15, -0.1) is 0 Å². The Morgan fingerprint density at radius 3 is 2.26 bits per heavy atom. The molecular formula is C19H19N3O4S. The van der Waals surface area contributed by atoms with Gasteiger partial charge >= 0.3 is 0 Å². The summed E-state index contributed by atoms with van der Waals surface area (Å²) < 4.78 is 32.7. The maximum absolute atomic E-state index is 12.5. The van der Waals surface area contributed by atoms with Crippen molar-refractivity contribution in [2.24, 2.45) is 0 Å². The van der Waals surface area contributed by atoms with Gasteiger partial charge in [0, 0.05) is 5.56 Å². The number of sulfonamides is 1. The monoisotopic (exact) mass is 385 g/mol. The van der Waals surface area contributed by atoms with Crippen LogP contribution in [0.15, 0.2) is 57.9 Å². The molecule has 8 heteroatoms. The number of amides is 1. The Morgan fingerprint density at radius 1 is 1.00 bits per heavy atom. The Balaban J connectivity index is 1.78. The molecule has 0 aliphatic carbocycles. The van der Waals surface area contributed by atoms with Crippen LogP contribution in [0.5, 0.6) is 0 Å². The van der Waals surface area contributed by atoms with Gasteiger partial charge in [-0.1, -0.05) is 23.4 Å². The minimum atomic E-state index is -3.75. The number of benzene rings is 2. The molecule has 3 aromatic rings. The van der Waals surface area contributed by atoms with E-state index in [0.717, 1.165) is 5.56 Å². The lowest BCUT2D eigenvalue weighted by Gasteiger charge is -2.11. The molecule has 0 spiro atoms. The molecule has 3 rings (SSSR count). The fourth-order valence-corrected chi connectivity index (χ4v) is 3.65. The van der Waals surface area contributed by atoms with Gasteiger partial charge in [-0.2, -0.15) is 0 Å². The van der Waals surface area contributed by atoms with Gasteiger partial charge in [-0.3, -0.25) is 9.52 Å². The molecule has 7 nitrogen and oxygen atoms in total. The first-order chi connectivity index (χ1) is 12.8. The lowest BCUT2D eigenvalue weighted by atomic mass is 10.2. The first-order valence-electron chi connectivity index (χ1n) is 8.20. The van der Waals surface area contributed by atoms with Crippen LogP contribution in [0, 0.1) is 20.8 Å². The molecule has 0 aliphatic rings. The Kier molecular flexibility index (Phi) is 5.00. The number of aromatic nitrogens is 1. The summed E-state index contributed by atoms with van der Waals surface area (Å²) in [7, 11) is -3.75. The second kappa shape index (κ2) is 7.24. The van der Waals surface area contributed by atoms with Gasteiger partial charge in [0.25, 0.3) is 15.9 Å². The van der Waals surface area contributed by atoms with Crippen molar-refractivity contribution in [2.75, 3.05) is 10.0 Å². The Morgan fingerprint density at radius 2 is 1.67 bits per heavy atom. The average Bonchev–Trinajstić information content (AvgIpc) is 2.95. The van der Waals surface area contributed by atoms with E-state index in [4.69, 9.17) is 4.52 Å². The van der Waals surface area contributed by atoms with Gasteiger partial charge in [0.1, 0.15) is 11.4 Å². The minimum Gasteiger partial charge on any atom is -0.359 e. The third-order valence-electron chi connectivity index (χ3n) is 4.09. The molecule has 1 heterocycles. The summed E-state index contributed by atoms with van der Waals surface area (Å²) in [4.78, 5) is 12.4. The van der Waals surface area contributed by atoms with Gasteiger partial charge in [-0.25, -0.2) is 8.42 Å². The number of nitrogens with zero attached hydrogens (tertiary/aromatic N) is 1. The Hall–Kier alpha value is -3.13. The third-order valence-corrected chi connectivity index (χ3v) is 5.47. The SMILES string of the molecule is Cc1ccccc1NS(=O)(=O)c1ccc(C(=O)Nc2c(C)noc2C)cc1. The molecule has 0 unspecified atom stereocenters. The predicted molar refractivity (Wildman–Crippen MR) is 102 cm³/mol. The highest BCUT2D eigenvalue weighted by atomic mass is 32.2. The van der Waals surface area contributed by atoms with Gasteiger partial charge in [0.15, 0.2) is 5.76 Å². The predicted octanol–water partition coefficient (Wildman–Crippen LogP) is 3.65. The molecule has 2 aromatic carbocycles. The Labute approximate surface area is 157 Å². The van der Waals surface area contributed by atoms with Crippen molar-refractivity contribution in [3.63, 3.8) is 0 Å². The number of hydrogen-bond acceptors (Lipinski definition) is 5. The number of nitrogens with one attached hydrogen (secondary N) is 2. The van der Waals surface area contributed by atoms with Crippen LogP contribution in [-0.2, 0) is 10.0 Å². The number of carbonyl (C=O) groups excluding carboxylic acids is 1. The molecule has 1 aromatic heterocycles. The summed E-state index contributed by atoms with van der Waals surface area (Å²) in [5.74, 6) is 0.127. The minimum absolute atomic E-state index is 0.0691. The average molecular weight is 385 g/mol. The van der Waals surface area contributed by atoms with Crippen molar-refractivity contribution in [3.05, 3.63) is 71.1 Å². The molecule has 1 amide bonds. The van der Waals surface area contributed by atoms with E-state index in [9.17, 15) is 13.2 Å². The molecule has 0 saturated carbocycles. The fraction of sp³-hybridized carbons (Fsp3) is 0.158. The number of carbonyl (C=O) groups is 1. The van der Waals surface area contributed by atoms with E-state index in [1.165, 1.54) is 24.3 Å². The second-order valence-electron chi connectivity index (χ2n) is 6.10. The Bertz CT molecular complexity index is 1070. The summed E-state index contributed by atoms with van der Waals surface area (Å²) in [6, 6.07) is 12.8. The molecule has 2 N–H and O–H groups in total. The number of rotatable bonds is 5. The summed E-state index contributed by atoms with van der Waals surface area (Å²) in [6.45, 7) is 5.24. The van der Waals surface area contributed by atoms with E-state index in [1.807, 2.05) is 19.1 Å². The van der Waals surface area contributed by atoms with Crippen molar-refractivity contribution >= 4 is 27.3 Å². The van der Waals surface area contributed by atoms with Crippen molar-refractivity contribution in [3.8, 4) is 0 Å². The van der Waals surface area contributed by atoms with Crippen molar-refractivity contribution < 1.29 is 17.7 Å². The first kappa shape index (κ1) is 18.7. The normalized spacial score (nSPS) is 11.2. The second-order valence-corrected chi connectivity index (χ2v) is 7.78. The first-order valence-corrected chi connectivity index (χ1v) is 9.69. The number of anilines is 2. The highest BCUT2D eigenvalue weighted by molar-refractivity contribution is 7.92.